The van der Waals surface area contributed by atoms with Crippen LogP contribution in [0.2, 0.25) is 0 Å². The summed E-state index contributed by atoms with van der Waals surface area (Å²) in [6.45, 7) is 4.37. The predicted molar refractivity (Wildman–Crippen MR) is 41.6 cm³/mol. The van der Waals surface area contributed by atoms with Crippen LogP contribution < -0.4 is 0 Å². The number of halogens is 2. The second-order valence-corrected chi connectivity index (χ2v) is 5.62. The van der Waals surface area contributed by atoms with E-state index in [1.165, 1.54) is 0 Å². The highest BCUT2D eigenvalue weighted by Gasteiger charge is 2.00. The van der Waals surface area contributed by atoms with Gasteiger partial charge in [-0.1, -0.05) is 52.4 Å². The molecular weight excluding hydrogens is 255 g/mol. The molecule has 0 rings (SSSR count). The molecule has 0 saturated carbocycles. The number of hydrogen-bond acceptors (Lipinski definition) is 0. The minimum Gasteiger partial charge on any atom is -0.0772 e. The van der Waals surface area contributed by atoms with E-state index in [2.05, 4.69) is 52.4 Å². The third kappa shape index (κ3) is 3.40. The fourth-order valence-corrected chi connectivity index (χ4v) is 0. The minimum atomic E-state index is 0.634. The topological polar surface area (TPSA) is 0 Å². The molecule has 2 heteroatoms. The fourth-order valence-electron chi connectivity index (χ4n) is 0. The van der Waals surface area contributed by atoms with Gasteiger partial charge in [0.2, 0.25) is 0 Å². The lowest BCUT2D eigenvalue weighted by Gasteiger charge is -2.01. The van der Waals surface area contributed by atoms with Crippen LogP contribution in [-0.2, 0) is 0 Å². The molecule has 0 aromatic carbocycles. The van der Waals surface area contributed by atoms with Crippen LogP contribution in [0.25, 0.3) is 0 Å². The van der Waals surface area contributed by atoms with Crippen molar-refractivity contribution in [2.75, 3.05) is 0 Å². The van der Waals surface area contributed by atoms with Crippen LogP contribution in [0.1, 0.15) is 13.8 Å². The molecule has 0 heterocycles. The maximum absolute atomic E-state index is 3.43. The SMILES string of the molecule is CC(C)C(Br)I. The van der Waals surface area contributed by atoms with E-state index in [1.54, 1.807) is 0 Å². The molecule has 0 saturated heterocycles. The van der Waals surface area contributed by atoms with Gasteiger partial charge in [-0.25, -0.2) is 0 Å². The molecular formula is C4H8BrI. The highest BCUT2D eigenvalue weighted by molar-refractivity contribution is 14.1. The van der Waals surface area contributed by atoms with Crippen molar-refractivity contribution in [3.05, 3.63) is 0 Å². The van der Waals surface area contributed by atoms with E-state index < -0.39 is 0 Å². The van der Waals surface area contributed by atoms with Crippen molar-refractivity contribution in [3.8, 4) is 0 Å². The number of rotatable bonds is 1. The zero-order valence-corrected chi connectivity index (χ0v) is 7.65. The molecule has 0 fully saturated rings. The van der Waals surface area contributed by atoms with Gasteiger partial charge in [0.15, 0.2) is 0 Å². The highest BCUT2D eigenvalue weighted by Crippen LogP contribution is 2.17. The van der Waals surface area contributed by atoms with Crippen LogP contribution in [0.15, 0.2) is 0 Å². The van der Waals surface area contributed by atoms with Crippen molar-refractivity contribution in [2.45, 2.75) is 16.7 Å². The molecule has 0 aromatic rings. The Balaban J connectivity index is 2.99. The van der Waals surface area contributed by atoms with E-state index in [0.717, 1.165) is 5.92 Å². The summed E-state index contributed by atoms with van der Waals surface area (Å²) >= 11 is 5.77. The summed E-state index contributed by atoms with van der Waals surface area (Å²) in [4.78, 5) is 0. The van der Waals surface area contributed by atoms with Gasteiger partial charge in [-0.15, -0.1) is 0 Å². The van der Waals surface area contributed by atoms with Gasteiger partial charge in [0.25, 0.3) is 0 Å². The maximum Gasteiger partial charge on any atom is 0.0685 e. The van der Waals surface area contributed by atoms with Crippen molar-refractivity contribution < 1.29 is 0 Å². The normalized spacial score (nSPS) is 15.5. The Morgan fingerprint density at radius 3 is 1.67 bits per heavy atom. The van der Waals surface area contributed by atoms with Gasteiger partial charge in [0.05, 0.1) is 2.83 Å². The quantitative estimate of drug-likeness (QED) is 0.504. The number of alkyl halides is 2. The Labute approximate surface area is 61.0 Å². The average molecular weight is 263 g/mol. The molecule has 0 amide bonds. The second kappa shape index (κ2) is 3.24. The molecule has 38 valence electrons. The molecule has 0 aliphatic heterocycles. The summed E-state index contributed by atoms with van der Waals surface area (Å²) in [6, 6.07) is 0. The Bertz CT molecular complexity index is 28.5. The first kappa shape index (κ1) is 7.21. The van der Waals surface area contributed by atoms with Crippen molar-refractivity contribution in [2.24, 2.45) is 5.92 Å². The van der Waals surface area contributed by atoms with E-state index in [9.17, 15) is 0 Å². The minimum absolute atomic E-state index is 0.634. The molecule has 0 nitrogen and oxygen atoms in total. The van der Waals surface area contributed by atoms with E-state index in [4.69, 9.17) is 0 Å². The van der Waals surface area contributed by atoms with Crippen LogP contribution in [0.5, 0.6) is 0 Å². The van der Waals surface area contributed by atoms with Crippen LogP contribution >= 0.6 is 38.5 Å². The molecule has 0 spiro atoms. The first-order valence-corrected chi connectivity index (χ1v) is 4.09. The molecule has 0 aromatic heterocycles. The van der Waals surface area contributed by atoms with Gasteiger partial charge in [-0.2, -0.15) is 0 Å². The Hall–Kier alpha value is 1.21. The summed E-state index contributed by atoms with van der Waals surface area (Å²) in [5, 5.41) is 0. The van der Waals surface area contributed by atoms with E-state index >= 15 is 0 Å². The van der Waals surface area contributed by atoms with Gasteiger partial charge in [-0.05, 0) is 5.92 Å². The smallest absolute Gasteiger partial charge is 0.0685 e. The zero-order chi connectivity index (χ0) is 5.15. The monoisotopic (exact) mass is 262 g/mol. The third-order valence-corrected chi connectivity index (χ3v) is 3.00. The average Bonchev–Trinajstić information content (AvgIpc) is 1.36. The lowest BCUT2D eigenvalue weighted by molar-refractivity contribution is 0.741. The second-order valence-electron chi connectivity index (χ2n) is 1.58. The van der Waals surface area contributed by atoms with Crippen LogP contribution in [0.3, 0.4) is 0 Å². The van der Waals surface area contributed by atoms with Crippen LogP contribution in [-0.4, -0.2) is 2.83 Å². The highest BCUT2D eigenvalue weighted by atomic mass is 127. The van der Waals surface area contributed by atoms with Gasteiger partial charge in [0.1, 0.15) is 0 Å². The molecule has 6 heavy (non-hydrogen) atoms. The molecule has 0 aliphatic rings. The van der Waals surface area contributed by atoms with E-state index in [0.29, 0.717) is 2.83 Å². The van der Waals surface area contributed by atoms with Crippen molar-refractivity contribution in [1.82, 2.24) is 0 Å². The summed E-state index contributed by atoms with van der Waals surface area (Å²) in [6.07, 6.45) is 0. The van der Waals surface area contributed by atoms with Crippen molar-refractivity contribution in [1.29, 1.82) is 0 Å². The van der Waals surface area contributed by atoms with Crippen LogP contribution in [0, 0.1) is 5.92 Å². The third-order valence-electron chi connectivity index (χ3n) is 0.504. The molecule has 0 bridgehead atoms. The summed E-state index contributed by atoms with van der Waals surface area (Å²) < 4.78 is 0.634. The zero-order valence-electron chi connectivity index (χ0n) is 3.91. The molecule has 0 N–H and O–H groups in total. The first-order chi connectivity index (χ1) is 2.64. The molecule has 1 unspecified atom stereocenters. The summed E-state index contributed by atoms with van der Waals surface area (Å²) in [7, 11) is 0. The number of hydrogen-bond donors (Lipinski definition) is 0. The van der Waals surface area contributed by atoms with Gasteiger partial charge < -0.3 is 0 Å². The van der Waals surface area contributed by atoms with E-state index in [-0.39, 0.29) is 0 Å². The Morgan fingerprint density at radius 1 is 1.50 bits per heavy atom. The van der Waals surface area contributed by atoms with Crippen molar-refractivity contribution >= 4 is 38.5 Å². The molecule has 0 aliphatic carbocycles. The lowest BCUT2D eigenvalue weighted by Crippen LogP contribution is -1.94. The largest absolute Gasteiger partial charge is 0.0772 e. The maximum atomic E-state index is 3.43. The molecule has 1 atom stereocenters. The van der Waals surface area contributed by atoms with Gasteiger partial charge >= 0.3 is 0 Å². The fraction of sp³-hybridized carbons (Fsp3) is 1.00. The van der Waals surface area contributed by atoms with Crippen LogP contribution in [0.4, 0.5) is 0 Å². The summed E-state index contributed by atoms with van der Waals surface area (Å²) in [5.74, 6) is 0.755. The lowest BCUT2D eigenvalue weighted by atomic mass is 10.3. The van der Waals surface area contributed by atoms with Gasteiger partial charge in [0, 0.05) is 0 Å². The molecule has 0 radical (unpaired) electrons. The summed E-state index contributed by atoms with van der Waals surface area (Å²) in [5.41, 5.74) is 0. The van der Waals surface area contributed by atoms with E-state index in [1.807, 2.05) is 0 Å². The standard InChI is InChI=1S/C4H8BrI/c1-3(2)4(5)6/h3-4H,1-2H3. The Kier molecular flexibility index (Phi) is 3.90. The first-order valence-electron chi connectivity index (χ1n) is 1.92. The predicted octanol–water partition coefficient (Wildman–Crippen LogP) is 2.80. The van der Waals surface area contributed by atoms with Gasteiger partial charge in [-0.3, -0.25) is 0 Å². The Morgan fingerprint density at radius 2 is 1.67 bits per heavy atom. The van der Waals surface area contributed by atoms with Crippen molar-refractivity contribution in [3.63, 3.8) is 0 Å².